The van der Waals surface area contributed by atoms with Gasteiger partial charge in [0, 0.05) is 16.7 Å². The van der Waals surface area contributed by atoms with Gasteiger partial charge in [-0.25, -0.2) is 4.68 Å². The monoisotopic (exact) mass is 346 g/mol. The van der Waals surface area contributed by atoms with Gasteiger partial charge in [0.15, 0.2) is 11.0 Å². The predicted octanol–water partition coefficient (Wildman–Crippen LogP) is 4.90. The molecule has 0 unspecified atom stereocenters. The SMILES string of the molecule is C=CCn1nc(-c2cc3ccccc3[nH]2)nc1SCc1ccccc1. The quantitative estimate of drug-likeness (QED) is 0.399. The minimum Gasteiger partial charge on any atom is -0.352 e. The van der Waals surface area contributed by atoms with Gasteiger partial charge in [0.2, 0.25) is 0 Å². The summed E-state index contributed by atoms with van der Waals surface area (Å²) in [6.07, 6.45) is 1.84. The van der Waals surface area contributed by atoms with Crippen LogP contribution >= 0.6 is 11.8 Å². The van der Waals surface area contributed by atoms with E-state index >= 15 is 0 Å². The van der Waals surface area contributed by atoms with Crippen LogP contribution < -0.4 is 0 Å². The Morgan fingerprint density at radius 3 is 2.68 bits per heavy atom. The molecule has 4 nitrogen and oxygen atoms in total. The number of aromatic nitrogens is 4. The zero-order valence-electron chi connectivity index (χ0n) is 13.7. The van der Waals surface area contributed by atoms with E-state index in [1.165, 1.54) is 5.56 Å². The van der Waals surface area contributed by atoms with Crippen molar-refractivity contribution in [1.29, 1.82) is 0 Å². The van der Waals surface area contributed by atoms with Crippen molar-refractivity contribution in [3.63, 3.8) is 0 Å². The number of thioether (sulfide) groups is 1. The van der Waals surface area contributed by atoms with Gasteiger partial charge in [0.05, 0.1) is 12.2 Å². The molecule has 0 saturated heterocycles. The number of nitrogens with zero attached hydrogens (tertiary/aromatic N) is 3. The maximum Gasteiger partial charge on any atom is 0.198 e. The molecule has 2 heterocycles. The van der Waals surface area contributed by atoms with Gasteiger partial charge in [-0.3, -0.25) is 0 Å². The van der Waals surface area contributed by atoms with Crippen molar-refractivity contribution >= 4 is 22.7 Å². The van der Waals surface area contributed by atoms with E-state index in [9.17, 15) is 0 Å². The van der Waals surface area contributed by atoms with Crippen molar-refractivity contribution in [2.24, 2.45) is 0 Å². The van der Waals surface area contributed by atoms with E-state index in [4.69, 9.17) is 4.98 Å². The van der Waals surface area contributed by atoms with Crippen LogP contribution in [0.25, 0.3) is 22.4 Å². The zero-order chi connectivity index (χ0) is 17.1. The van der Waals surface area contributed by atoms with Crippen LogP contribution in [0.1, 0.15) is 5.56 Å². The number of para-hydroxylation sites is 1. The summed E-state index contributed by atoms with van der Waals surface area (Å²) in [7, 11) is 0. The average Bonchev–Trinajstić information content (AvgIpc) is 3.25. The van der Waals surface area contributed by atoms with E-state index in [1.54, 1.807) is 11.8 Å². The first-order chi connectivity index (χ1) is 12.3. The van der Waals surface area contributed by atoms with Gasteiger partial charge in [-0.15, -0.1) is 11.7 Å². The lowest BCUT2D eigenvalue weighted by Gasteiger charge is -2.02. The first-order valence-corrected chi connectivity index (χ1v) is 9.12. The Morgan fingerprint density at radius 2 is 1.88 bits per heavy atom. The molecule has 2 aromatic heterocycles. The molecular weight excluding hydrogens is 328 g/mol. The van der Waals surface area contributed by atoms with Gasteiger partial charge in [-0.1, -0.05) is 66.4 Å². The third-order valence-electron chi connectivity index (χ3n) is 3.92. The van der Waals surface area contributed by atoms with Crippen LogP contribution in [0, 0.1) is 0 Å². The lowest BCUT2D eigenvalue weighted by Crippen LogP contribution is -1.99. The Bertz CT molecular complexity index is 968. The molecule has 2 aromatic carbocycles. The van der Waals surface area contributed by atoms with Gasteiger partial charge in [0.25, 0.3) is 0 Å². The summed E-state index contributed by atoms with van der Waals surface area (Å²) in [4.78, 5) is 8.14. The smallest absolute Gasteiger partial charge is 0.198 e. The maximum atomic E-state index is 4.75. The number of allylic oxidation sites excluding steroid dienone is 1. The zero-order valence-corrected chi connectivity index (χ0v) is 14.5. The van der Waals surface area contributed by atoms with Gasteiger partial charge < -0.3 is 4.98 Å². The second kappa shape index (κ2) is 6.99. The summed E-state index contributed by atoms with van der Waals surface area (Å²) in [5.74, 6) is 1.58. The minimum absolute atomic E-state index is 0.643. The second-order valence-electron chi connectivity index (χ2n) is 5.73. The summed E-state index contributed by atoms with van der Waals surface area (Å²) in [6, 6.07) is 20.7. The lowest BCUT2D eigenvalue weighted by molar-refractivity contribution is 0.632. The molecule has 124 valence electrons. The molecular formula is C20H18N4S. The van der Waals surface area contributed by atoms with Crippen LogP contribution in [-0.4, -0.2) is 19.7 Å². The molecule has 0 aliphatic rings. The molecule has 0 aliphatic heterocycles. The molecule has 0 aliphatic carbocycles. The average molecular weight is 346 g/mol. The van der Waals surface area contributed by atoms with E-state index in [0.717, 1.165) is 27.5 Å². The fraction of sp³-hybridized carbons (Fsp3) is 0.100. The molecule has 25 heavy (non-hydrogen) atoms. The van der Waals surface area contributed by atoms with E-state index in [-0.39, 0.29) is 0 Å². The lowest BCUT2D eigenvalue weighted by atomic mass is 10.2. The van der Waals surface area contributed by atoms with Gasteiger partial charge in [-0.2, -0.15) is 4.98 Å². The van der Waals surface area contributed by atoms with Gasteiger partial charge >= 0.3 is 0 Å². The number of hydrogen-bond donors (Lipinski definition) is 1. The van der Waals surface area contributed by atoms with E-state index in [0.29, 0.717) is 12.4 Å². The minimum atomic E-state index is 0.643. The predicted molar refractivity (Wildman–Crippen MR) is 104 cm³/mol. The molecule has 0 atom stereocenters. The third-order valence-corrected chi connectivity index (χ3v) is 4.96. The number of nitrogens with one attached hydrogen (secondary N) is 1. The Balaban J connectivity index is 1.63. The van der Waals surface area contributed by atoms with Crippen LogP contribution in [0.15, 0.2) is 78.5 Å². The normalized spacial score (nSPS) is 11.0. The molecule has 4 rings (SSSR count). The third kappa shape index (κ3) is 3.37. The summed E-state index contributed by atoms with van der Waals surface area (Å²) in [5.41, 5.74) is 3.30. The number of benzene rings is 2. The number of rotatable bonds is 6. The molecule has 0 spiro atoms. The van der Waals surface area contributed by atoms with Crippen molar-refractivity contribution < 1.29 is 0 Å². The van der Waals surface area contributed by atoms with E-state index in [1.807, 2.05) is 29.0 Å². The van der Waals surface area contributed by atoms with E-state index in [2.05, 4.69) is 59.1 Å². The van der Waals surface area contributed by atoms with Crippen molar-refractivity contribution in [3.8, 4) is 11.5 Å². The van der Waals surface area contributed by atoms with Crippen molar-refractivity contribution in [2.75, 3.05) is 0 Å². The summed E-state index contributed by atoms with van der Waals surface area (Å²) in [6.45, 7) is 4.47. The maximum absolute atomic E-state index is 4.75. The highest BCUT2D eigenvalue weighted by molar-refractivity contribution is 7.98. The van der Waals surface area contributed by atoms with Crippen LogP contribution in [0.3, 0.4) is 0 Å². The van der Waals surface area contributed by atoms with Gasteiger partial charge in [0.1, 0.15) is 0 Å². The largest absolute Gasteiger partial charge is 0.352 e. The van der Waals surface area contributed by atoms with Gasteiger partial charge in [-0.05, 0) is 17.7 Å². The van der Waals surface area contributed by atoms with Crippen molar-refractivity contribution in [3.05, 3.63) is 78.9 Å². The molecule has 0 bridgehead atoms. The summed E-state index contributed by atoms with van der Waals surface area (Å²) < 4.78 is 1.90. The van der Waals surface area contributed by atoms with Crippen LogP contribution in [0.2, 0.25) is 0 Å². The first kappa shape index (κ1) is 15.7. The first-order valence-electron chi connectivity index (χ1n) is 8.14. The summed E-state index contributed by atoms with van der Waals surface area (Å²) in [5, 5.41) is 6.72. The summed E-state index contributed by atoms with van der Waals surface area (Å²) >= 11 is 1.69. The highest BCUT2D eigenvalue weighted by Crippen LogP contribution is 2.26. The highest BCUT2D eigenvalue weighted by atomic mass is 32.2. The standard InChI is InChI=1S/C20H18N4S/c1-2-12-24-20(25-14-15-8-4-3-5-9-15)22-19(23-24)18-13-16-10-6-7-11-17(16)21-18/h2-11,13,21H,1,12,14H2. The molecule has 5 heteroatoms. The Morgan fingerprint density at radius 1 is 1.08 bits per heavy atom. The van der Waals surface area contributed by atoms with Crippen molar-refractivity contribution in [2.45, 2.75) is 17.5 Å². The fourth-order valence-electron chi connectivity index (χ4n) is 2.71. The Hall–Kier alpha value is -2.79. The Labute approximate surface area is 150 Å². The van der Waals surface area contributed by atoms with Crippen LogP contribution in [0.5, 0.6) is 0 Å². The highest BCUT2D eigenvalue weighted by Gasteiger charge is 2.13. The number of fused-ring (bicyclic) bond motifs is 1. The van der Waals surface area contributed by atoms with Crippen molar-refractivity contribution in [1.82, 2.24) is 19.7 Å². The molecule has 0 amide bonds. The fourth-order valence-corrected chi connectivity index (χ4v) is 3.61. The van der Waals surface area contributed by atoms with E-state index < -0.39 is 0 Å². The Kier molecular flexibility index (Phi) is 4.39. The van der Waals surface area contributed by atoms with Crippen LogP contribution in [-0.2, 0) is 12.3 Å². The molecule has 0 radical (unpaired) electrons. The molecule has 0 saturated carbocycles. The molecule has 0 fully saturated rings. The molecule has 1 N–H and O–H groups in total. The second-order valence-corrected chi connectivity index (χ2v) is 6.68. The number of H-pyrrole nitrogens is 1. The molecule has 4 aromatic rings. The van der Waals surface area contributed by atoms with Crippen LogP contribution in [0.4, 0.5) is 0 Å². The number of hydrogen-bond acceptors (Lipinski definition) is 3. The topological polar surface area (TPSA) is 46.5 Å². The number of aromatic amines is 1.